The van der Waals surface area contributed by atoms with Gasteiger partial charge in [-0.25, -0.2) is 8.42 Å². The second-order valence-corrected chi connectivity index (χ2v) is 7.67. The summed E-state index contributed by atoms with van der Waals surface area (Å²) in [5.41, 5.74) is 0.974. The van der Waals surface area contributed by atoms with E-state index in [9.17, 15) is 13.2 Å². The number of carbonyl (C=O) groups excluding carboxylic acids is 1. The van der Waals surface area contributed by atoms with Gasteiger partial charge in [0.05, 0.1) is 16.8 Å². The lowest BCUT2D eigenvalue weighted by molar-refractivity contribution is 0.102. The van der Waals surface area contributed by atoms with E-state index < -0.39 is 10.0 Å². The summed E-state index contributed by atoms with van der Waals surface area (Å²) < 4.78 is 26.9. The lowest BCUT2D eigenvalue weighted by Crippen LogP contribution is -2.34. The van der Waals surface area contributed by atoms with Crippen LogP contribution < -0.4 is 10.6 Å². The van der Waals surface area contributed by atoms with Gasteiger partial charge in [0, 0.05) is 31.4 Å². The molecular weight excluding hydrogens is 340 g/mol. The van der Waals surface area contributed by atoms with Gasteiger partial charge in [-0.2, -0.15) is 4.31 Å². The first-order chi connectivity index (χ1) is 12.1. The number of carbonyl (C=O) groups is 1. The van der Waals surface area contributed by atoms with Crippen molar-refractivity contribution in [3.63, 3.8) is 0 Å². The smallest absolute Gasteiger partial charge is 0.255 e. The van der Waals surface area contributed by atoms with Crippen LogP contribution in [-0.4, -0.2) is 49.8 Å². The third-order valence-corrected chi connectivity index (χ3v) is 5.89. The Kier molecular flexibility index (Phi) is 5.42. The predicted octanol–water partition coefficient (Wildman–Crippen LogP) is 1.32. The van der Waals surface area contributed by atoms with Crippen molar-refractivity contribution in [2.75, 3.05) is 31.5 Å². The van der Waals surface area contributed by atoms with E-state index >= 15 is 0 Å². The highest BCUT2D eigenvalue weighted by molar-refractivity contribution is 7.89. The Morgan fingerprint density at radius 1 is 1.12 bits per heavy atom. The Morgan fingerprint density at radius 2 is 1.92 bits per heavy atom. The number of nitrogens with one attached hydrogen (secondary N) is 2. The highest BCUT2D eigenvalue weighted by Crippen LogP contribution is 2.18. The van der Waals surface area contributed by atoms with Crippen LogP contribution in [0.4, 0.5) is 5.69 Å². The maximum absolute atomic E-state index is 12.7. The fourth-order valence-electron chi connectivity index (χ4n) is 2.63. The minimum atomic E-state index is -3.54. The number of hydrogen-bond donors (Lipinski definition) is 2. The summed E-state index contributed by atoms with van der Waals surface area (Å²) in [6.07, 6.45) is 3.95. The molecule has 0 aliphatic carbocycles. The van der Waals surface area contributed by atoms with Crippen molar-refractivity contribution >= 4 is 21.6 Å². The SMILES string of the molecule is O=C(Nc1cccnc1)c1ccc(S(=O)(=O)N2CCCNCC2)cc1. The summed E-state index contributed by atoms with van der Waals surface area (Å²) in [6.45, 7) is 2.41. The zero-order chi connectivity index (χ0) is 17.7. The highest BCUT2D eigenvalue weighted by Gasteiger charge is 2.25. The van der Waals surface area contributed by atoms with E-state index in [1.165, 1.54) is 28.6 Å². The Labute approximate surface area is 147 Å². The molecule has 132 valence electrons. The fraction of sp³-hybridized carbons (Fsp3) is 0.294. The van der Waals surface area contributed by atoms with Crippen LogP contribution in [0, 0.1) is 0 Å². The molecule has 1 fully saturated rings. The summed E-state index contributed by atoms with van der Waals surface area (Å²) in [7, 11) is -3.54. The zero-order valence-electron chi connectivity index (χ0n) is 13.7. The van der Waals surface area contributed by atoms with Crippen molar-refractivity contribution < 1.29 is 13.2 Å². The Bertz CT molecular complexity index is 815. The molecule has 8 heteroatoms. The molecule has 0 atom stereocenters. The van der Waals surface area contributed by atoms with E-state index in [1.807, 2.05) is 0 Å². The van der Waals surface area contributed by atoms with E-state index in [0.29, 0.717) is 30.9 Å². The Hall–Kier alpha value is -2.29. The van der Waals surface area contributed by atoms with Crippen molar-refractivity contribution in [2.45, 2.75) is 11.3 Å². The number of nitrogens with zero attached hydrogens (tertiary/aromatic N) is 2. The molecule has 0 bridgehead atoms. The quantitative estimate of drug-likeness (QED) is 0.858. The third kappa shape index (κ3) is 4.22. The van der Waals surface area contributed by atoms with Crippen LogP contribution in [0.25, 0.3) is 0 Å². The molecule has 7 nitrogen and oxygen atoms in total. The first-order valence-corrected chi connectivity index (χ1v) is 9.54. The molecule has 0 unspecified atom stereocenters. The molecule has 1 saturated heterocycles. The van der Waals surface area contributed by atoms with Gasteiger partial charge >= 0.3 is 0 Å². The van der Waals surface area contributed by atoms with Crippen molar-refractivity contribution in [1.82, 2.24) is 14.6 Å². The maximum atomic E-state index is 12.7. The molecule has 1 aromatic carbocycles. The number of pyridine rings is 1. The predicted molar refractivity (Wildman–Crippen MR) is 94.9 cm³/mol. The monoisotopic (exact) mass is 360 g/mol. The zero-order valence-corrected chi connectivity index (χ0v) is 14.5. The van der Waals surface area contributed by atoms with E-state index in [4.69, 9.17) is 0 Å². The normalized spacial score (nSPS) is 16.2. The molecule has 0 spiro atoms. The van der Waals surface area contributed by atoms with Gasteiger partial charge in [0.2, 0.25) is 10.0 Å². The van der Waals surface area contributed by atoms with Gasteiger partial charge in [-0.15, -0.1) is 0 Å². The molecular formula is C17H20N4O3S. The van der Waals surface area contributed by atoms with Crippen LogP contribution in [0.2, 0.25) is 0 Å². The number of benzene rings is 1. The first kappa shape index (κ1) is 17.5. The second kappa shape index (κ2) is 7.73. The van der Waals surface area contributed by atoms with Crippen LogP contribution in [0.5, 0.6) is 0 Å². The van der Waals surface area contributed by atoms with Gasteiger partial charge < -0.3 is 10.6 Å². The maximum Gasteiger partial charge on any atom is 0.255 e. The standard InChI is InChI=1S/C17H20N4O3S/c22-17(20-15-3-1-8-19-13-15)14-4-6-16(7-5-14)25(23,24)21-11-2-9-18-10-12-21/h1,3-8,13,18H,2,9-12H2,(H,20,22). The number of aromatic nitrogens is 1. The van der Waals surface area contributed by atoms with Crippen LogP contribution >= 0.6 is 0 Å². The summed E-state index contributed by atoms with van der Waals surface area (Å²) in [5, 5.41) is 5.90. The van der Waals surface area contributed by atoms with Crippen molar-refractivity contribution in [1.29, 1.82) is 0 Å². The summed E-state index contributed by atoms with van der Waals surface area (Å²) >= 11 is 0. The topological polar surface area (TPSA) is 91.4 Å². The van der Waals surface area contributed by atoms with E-state index in [0.717, 1.165) is 13.0 Å². The number of hydrogen-bond acceptors (Lipinski definition) is 5. The van der Waals surface area contributed by atoms with Crippen LogP contribution in [-0.2, 0) is 10.0 Å². The van der Waals surface area contributed by atoms with Gasteiger partial charge in [-0.1, -0.05) is 0 Å². The highest BCUT2D eigenvalue weighted by atomic mass is 32.2. The molecule has 2 aromatic rings. The average molecular weight is 360 g/mol. The minimum Gasteiger partial charge on any atom is -0.321 e. The number of anilines is 1. The van der Waals surface area contributed by atoms with Gasteiger partial charge in [-0.05, 0) is 49.4 Å². The molecule has 3 rings (SSSR count). The van der Waals surface area contributed by atoms with Crippen molar-refractivity contribution in [3.8, 4) is 0 Å². The third-order valence-electron chi connectivity index (χ3n) is 3.97. The summed E-state index contributed by atoms with van der Waals surface area (Å²) in [6, 6.07) is 9.46. The van der Waals surface area contributed by atoms with Crippen molar-refractivity contribution in [3.05, 3.63) is 54.4 Å². The summed E-state index contributed by atoms with van der Waals surface area (Å²) in [4.78, 5) is 16.3. The molecule has 0 saturated carbocycles. The van der Waals surface area contributed by atoms with E-state index in [1.54, 1.807) is 24.5 Å². The Morgan fingerprint density at radius 3 is 2.64 bits per heavy atom. The van der Waals surface area contributed by atoms with Crippen molar-refractivity contribution in [2.24, 2.45) is 0 Å². The molecule has 25 heavy (non-hydrogen) atoms. The molecule has 1 aliphatic rings. The molecule has 2 heterocycles. The van der Waals surface area contributed by atoms with Crippen LogP contribution in [0.15, 0.2) is 53.7 Å². The van der Waals surface area contributed by atoms with Gasteiger partial charge in [0.15, 0.2) is 0 Å². The second-order valence-electron chi connectivity index (χ2n) is 5.73. The number of sulfonamides is 1. The van der Waals surface area contributed by atoms with Crippen LogP contribution in [0.1, 0.15) is 16.8 Å². The average Bonchev–Trinajstić information content (AvgIpc) is 2.93. The fourth-order valence-corrected chi connectivity index (χ4v) is 4.11. The molecule has 2 N–H and O–H groups in total. The van der Waals surface area contributed by atoms with E-state index in [2.05, 4.69) is 15.6 Å². The van der Waals surface area contributed by atoms with Gasteiger partial charge in [-0.3, -0.25) is 9.78 Å². The Balaban J connectivity index is 1.74. The largest absolute Gasteiger partial charge is 0.321 e. The first-order valence-electron chi connectivity index (χ1n) is 8.10. The van der Waals surface area contributed by atoms with Gasteiger partial charge in [0.1, 0.15) is 0 Å². The lowest BCUT2D eigenvalue weighted by Gasteiger charge is -2.19. The molecule has 1 aromatic heterocycles. The number of amides is 1. The molecule has 0 radical (unpaired) electrons. The number of rotatable bonds is 4. The van der Waals surface area contributed by atoms with E-state index in [-0.39, 0.29) is 10.8 Å². The molecule has 1 amide bonds. The molecule has 1 aliphatic heterocycles. The summed E-state index contributed by atoms with van der Waals surface area (Å²) in [5.74, 6) is -0.309. The van der Waals surface area contributed by atoms with Gasteiger partial charge in [0.25, 0.3) is 5.91 Å². The minimum absolute atomic E-state index is 0.201. The van der Waals surface area contributed by atoms with Crippen LogP contribution in [0.3, 0.4) is 0 Å². The lowest BCUT2D eigenvalue weighted by atomic mass is 10.2.